The largest absolute Gasteiger partial charge is 0.497 e. The molecular formula is C15H15N3O2S. The van der Waals surface area contributed by atoms with Crippen molar-refractivity contribution in [2.75, 3.05) is 14.2 Å². The van der Waals surface area contributed by atoms with E-state index >= 15 is 0 Å². The van der Waals surface area contributed by atoms with Crippen molar-refractivity contribution >= 4 is 17.4 Å². The summed E-state index contributed by atoms with van der Waals surface area (Å²) in [6.45, 7) is 0. The van der Waals surface area contributed by atoms with Crippen LogP contribution in [-0.2, 0) is 5.75 Å². The molecule has 5 nitrogen and oxygen atoms in total. The summed E-state index contributed by atoms with van der Waals surface area (Å²) in [7, 11) is 3.27. The van der Waals surface area contributed by atoms with Crippen LogP contribution in [0.25, 0.3) is 5.65 Å². The van der Waals surface area contributed by atoms with E-state index in [4.69, 9.17) is 9.47 Å². The van der Waals surface area contributed by atoms with Crippen molar-refractivity contribution in [2.24, 2.45) is 0 Å². The maximum absolute atomic E-state index is 5.16. The van der Waals surface area contributed by atoms with Crippen LogP contribution in [0.3, 0.4) is 0 Å². The summed E-state index contributed by atoms with van der Waals surface area (Å²) >= 11 is 1.68. The van der Waals surface area contributed by atoms with Crippen LogP contribution in [0.1, 0.15) is 5.56 Å². The number of methoxy groups -OCH3 is 2. The summed E-state index contributed by atoms with van der Waals surface area (Å²) in [5, 5.41) is 5.37. The zero-order chi connectivity index (χ0) is 14.7. The lowest BCUT2D eigenvalue weighted by Crippen LogP contribution is -1.96. The first kappa shape index (κ1) is 13.8. The smallest absolute Gasteiger partial charge is 0.231 e. The number of benzene rings is 1. The van der Waals surface area contributed by atoms with Crippen LogP contribution < -0.4 is 9.47 Å². The number of rotatable bonds is 5. The second-order valence-corrected chi connectivity index (χ2v) is 5.37. The van der Waals surface area contributed by atoms with Crippen molar-refractivity contribution in [2.45, 2.75) is 10.8 Å². The number of aromatic nitrogens is 3. The molecule has 0 fully saturated rings. The molecule has 0 amide bonds. The van der Waals surface area contributed by atoms with Crippen LogP contribution >= 0.6 is 11.8 Å². The first-order chi connectivity index (χ1) is 10.3. The first-order valence-corrected chi connectivity index (χ1v) is 7.43. The number of hydrogen-bond acceptors (Lipinski definition) is 5. The van der Waals surface area contributed by atoms with Gasteiger partial charge in [-0.2, -0.15) is 0 Å². The van der Waals surface area contributed by atoms with Gasteiger partial charge in [0, 0.05) is 11.8 Å². The van der Waals surface area contributed by atoms with Gasteiger partial charge in [-0.05, 0) is 23.8 Å². The van der Waals surface area contributed by atoms with E-state index in [0.29, 0.717) is 5.88 Å². The maximum Gasteiger partial charge on any atom is 0.231 e. The van der Waals surface area contributed by atoms with Gasteiger partial charge in [0.1, 0.15) is 10.8 Å². The predicted molar refractivity (Wildman–Crippen MR) is 82.1 cm³/mol. The monoisotopic (exact) mass is 301 g/mol. The molecule has 0 aliphatic heterocycles. The van der Waals surface area contributed by atoms with Crippen molar-refractivity contribution < 1.29 is 9.47 Å². The maximum atomic E-state index is 5.16. The first-order valence-electron chi connectivity index (χ1n) is 6.44. The average Bonchev–Trinajstić information content (AvgIpc) is 2.95. The standard InChI is InChI=1S/C15H15N3O2S/c1-19-12-5-3-11(4-6-12)10-21-15-9-16-13-7-8-14(20-2)17-18(13)15/h3-9H,10H2,1-2H3. The molecule has 108 valence electrons. The lowest BCUT2D eigenvalue weighted by atomic mass is 10.2. The molecule has 0 atom stereocenters. The van der Waals surface area contributed by atoms with Crippen LogP contribution in [0, 0.1) is 0 Å². The highest BCUT2D eigenvalue weighted by atomic mass is 32.2. The lowest BCUT2D eigenvalue weighted by molar-refractivity contribution is 0.388. The molecule has 0 spiro atoms. The van der Waals surface area contributed by atoms with Crippen LogP contribution in [0.4, 0.5) is 0 Å². The number of thioether (sulfide) groups is 1. The van der Waals surface area contributed by atoms with E-state index in [1.807, 2.05) is 24.4 Å². The van der Waals surface area contributed by atoms with Gasteiger partial charge in [-0.1, -0.05) is 23.9 Å². The highest BCUT2D eigenvalue weighted by Gasteiger charge is 2.07. The number of imidazole rings is 1. The van der Waals surface area contributed by atoms with Gasteiger partial charge in [-0.25, -0.2) is 9.50 Å². The Balaban J connectivity index is 1.77. The van der Waals surface area contributed by atoms with E-state index in [9.17, 15) is 0 Å². The van der Waals surface area contributed by atoms with Gasteiger partial charge in [0.05, 0.1) is 20.4 Å². The summed E-state index contributed by atoms with van der Waals surface area (Å²) in [6, 6.07) is 11.7. The van der Waals surface area contributed by atoms with Crippen molar-refractivity contribution in [1.29, 1.82) is 0 Å². The second kappa shape index (κ2) is 6.05. The van der Waals surface area contributed by atoms with E-state index in [1.165, 1.54) is 5.56 Å². The van der Waals surface area contributed by atoms with Crippen molar-refractivity contribution in [3.05, 3.63) is 48.2 Å². The highest BCUT2D eigenvalue weighted by Crippen LogP contribution is 2.24. The molecule has 2 heterocycles. The van der Waals surface area contributed by atoms with Gasteiger partial charge in [0.25, 0.3) is 0 Å². The number of fused-ring (bicyclic) bond motifs is 1. The van der Waals surface area contributed by atoms with E-state index < -0.39 is 0 Å². The lowest BCUT2D eigenvalue weighted by Gasteiger charge is -2.04. The minimum Gasteiger partial charge on any atom is -0.497 e. The van der Waals surface area contributed by atoms with Crippen LogP contribution in [0.5, 0.6) is 11.6 Å². The second-order valence-electron chi connectivity index (χ2n) is 4.38. The zero-order valence-electron chi connectivity index (χ0n) is 11.8. The van der Waals surface area contributed by atoms with E-state index in [1.54, 1.807) is 36.6 Å². The Hall–Kier alpha value is -2.21. The third-order valence-corrected chi connectivity index (χ3v) is 4.11. The number of ether oxygens (including phenoxy) is 2. The molecule has 3 rings (SSSR count). The predicted octanol–water partition coefficient (Wildman–Crippen LogP) is 3.04. The molecule has 0 bridgehead atoms. The topological polar surface area (TPSA) is 48.7 Å². The molecule has 0 aliphatic carbocycles. The summed E-state index contributed by atoms with van der Waals surface area (Å²) in [4.78, 5) is 4.34. The molecule has 0 N–H and O–H groups in total. The Morgan fingerprint density at radius 1 is 1.05 bits per heavy atom. The molecule has 0 saturated carbocycles. The molecule has 0 aliphatic rings. The Morgan fingerprint density at radius 2 is 1.86 bits per heavy atom. The van der Waals surface area contributed by atoms with Crippen LogP contribution in [-0.4, -0.2) is 28.8 Å². The third kappa shape index (κ3) is 2.95. The minimum atomic E-state index is 0.576. The van der Waals surface area contributed by atoms with Crippen molar-refractivity contribution in [3.8, 4) is 11.6 Å². The molecule has 2 aromatic heterocycles. The summed E-state index contributed by atoms with van der Waals surface area (Å²) < 4.78 is 12.1. The average molecular weight is 301 g/mol. The fourth-order valence-electron chi connectivity index (χ4n) is 1.92. The van der Waals surface area contributed by atoms with Gasteiger partial charge in [0.15, 0.2) is 5.65 Å². The summed E-state index contributed by atoms with van der Waals surface area (Å²) in [5.41, 5.74) is 2.03. The SMILES string of the molecule is COc1ccc(CSc2cnc3ccc(OC)nn23)cc1. The molecule has 6 heteroatoms. The van der Waals surface area contributed by atoms with Crippen molar-refractivity contribution in [3.63, 3.8) is 0 Å². The van der Waals surface area contributed by atoms with Crippen LogP contribution in [0.15, 0.2) is 47.6 Å². The molecule has 21 heavy (non-hydrogen) atoms. The van der Waals surface area contributed by atoms with Crippen molar-refractivity contribution in [1.82, 2.24) is 14.6 Å². The minimum absolute atomic E-state index is 0.576. The molecule has 3 aromatic rings. The summed E-state index contributed by atoms with van der Waals surface area (Å²) in [5.74, 6) is 2.29. The van der Waals surface area contributed by atoms with E-state index in [-0.39, 0.29) is 0 Å². The Kier molecular flexibility index (Phi) is 3.96. The third-order valence-electron chi connectivity index (χ3n) is 3.06. The highest BCUT2D eigenvalue weighted by molar-refractivity contribution is 7.98. The quantitative estimate of drug-likeness (QED) is 0.678. The molecule has 0 unspecified atom stereocenters. The number of hydrogen-bond donors (Lipinski definition) is 0. The Morgan fingerprint density at radius 3 is 2.57 bits per heavy atom. The van der Waals surface area contributed by atoms with Gasteiger partial charge in [-0.3, -0.25) is 0 Å². The van der Waals surface area contributed by atoms with E-state index in [0.717, 1.165) is 22.2 Å². The van der Waals surface area contributed by atoms with Gasteiger partial charge in [-0.15, -0.1) is 5.10 Å². The fraction of sp³-hybridized carbons (Fsp3) is 0.200. The normalized spacial score (nSPS) is 10.8. The molecule has 0 saturated heterocycles. The summed E-state index contributed by atoms with van der Waals surface area (Å²) in [6.07, 6.45) is 1.83. The fourth-order valence-corrected chi connectivity index (χ4v) is 2.81. The van der Waals surface area contributed by atoms with E-state index in [2.05, 4.69) is 22.2 Å². The zero-order valence-corrected chi connectivity index (χ0v) is 12.6. The Labute approximate surface area is 126 Å². The molecular weight excluding hydrogens is 286 g/mol. The van der Waals surface area contributed by atoms with Gasteiger partial charge in [0.2, 0.25) is 5.88 Å². The van der Waals surface area contributed by atoms with Crippen LogP contribution in [0.2, 0.25) is 0 Å². The molecule has 0 radical (unpaired) electrons. The van der Waals surface area contributed by atoms with Gasteiger partial charge >= 0.3 is 0 Å². The Bertz CT molecular complexity index is 740. The number of nitrogens with zero attached hydrogens (tertiary/aromatic N) is 3. The molecule has 1 aromatic carbocycles. The van der Waals surface area contributed by atoms with Gasteiger partial charge < -0.3 is 9.47 Å².